The molecule has 19 heavy (non-hydrogen) atoms. The molecular formula is C14H19FN2O2. The molecule has 2 rings (SSSR count). The average molecular weight is 266 g/mol. The van der Waals surface area contributed by atoms with Gasteiger partial charge in [0.15, 0.2) is 0 Å². The van der Waals surface area contributed by atoms with Crippen LogP contribution in [0.15, 0.2) is 18.2 Å². The molecule has 1 aromatic carbocycles. The van der Waals surface area contributed by atoms with Crippen molar-refractivity contribution in [3.63, 3.8) is 0 Å². The van der Waals surface area contributed by atoms with Crippen LogP contribution in [0.5, 0.6) is 0 Å². The summed E-state index contributed by atoms with van der Waals surface area (Å²) in [5, 5.41) is 8.84. The van der Waals surface area contributed by atoms with Crippen molar-refractivity contribution in [2.75, 3.05) is 32.1 Å². The summed E-state index contributed by atoms with van der Waals surface area (Å²) in [7, 11) is 4.04. The lowest BCUT2D eigenvalue weighted by Crippen LogP contribution is -2.34. The van der Waals surface area contributed by atoms with Crippen LogP contribution >= 0.6 is 0 Å². The first-order valence-corrected chi connectivity index (χ1v) is 6.34. The van der Waals surface area contributed by atoms with Crippen LogP contribution < -0.4 is 4.90 Å². The molecule has 0 amide bonds. The van der Waals surface area contributed by atoms with Gasteiger partial charge in [0.1, 0.15) is 5.82 Å². The molecule has 1 saturated heterocycles. The Morgan fingerprint density at radius 3 is 2.58 bits per heavy atom. The van der Waals surface area contributed by atoms with E-state index in [0.29, 0.717) is 17.6 Å². The number of carboxylic acids is 1. The number of carboxylic acid groups (broad SMARTS) is 1. The van der Waals surface area contributed by atoms with Crippen molar-refractivity contribution in [1.82, 2.24) is 4.90 Å². The molecule has 1 N–H and O–H groups in total. The summed E-state index contributed by atoms with van der Waals surface area (Å²) in [4.78, 5) is 14.9. The van der Waals surface area contributed by atoms with Crippen LogP contribution in [0.4, 0.5) is 10.1 Å². The smallest absolute Gasteiger partial charge is 0.335 e. The monoisotopic (exact) mass is 266 g/mol. The third-order valence-electron chi connectivity index (χ3n) is 3.77. The van der Waals surface area contributed by atoms with E-state index in [9.17, 15) is 9.18 Å². The van der Waals surface area contributed by atoms with Gasteiger partial charge in [-0.2, -0.15) is 0 Å². The molecule has 104 valence electrons. The lowest BCUT2D eigenvalue weighted by atomic mass is 10.1. The van der Waals surface area contributed by atoms with Gasteiger partial charge in [0.05, 0.1) is 11.3 Å². The number of likely N-dealkylation sites (N-methyl/N-ethyl adjacent to an activating group) is 1. The van der Waals surface area contributed by atoms with Crippen LogP contribution in [0.1, 0.15) is 17.3 Å². The van der Waals surface area contributed by atoms with Crippen molar-refractivity contribution < 1.29 is 14.3 Å². The minimum absolute atomic E-state index is 0.0161. The van der Waals surface area contributed by atoms with Gasteiger partial charge in [-0.15, -0.1) is 0 Å². The lowest BCUT2D eigenvalue weighted by Gasteiger charge is -2.23. The molecule has 1 aliphatic rings. The first kappa shape index (κ1) is 13.8. The maximum atomic E-state index is 14.0. The van der Waals surface area contributed by atoms with Gasteiger partial charge in [0.25, 0.3) is 0 Å². The van der Waals surface area contributed by atoms with E-state index in [1.54, 1.807) is 6.07 Å². The first-order valence-electron chi connectivity index (χ1n) is 6.34. The Kier molecular flexibility index (Phi) is 3.75. The molecule has 1 fully saturated rings. The van der Waals surface area contributed by atoms with Gasteiger partial charge in [-0.05, 0) is 38.2 Å². The molecule has 0 radical (unpaired) electrons. The number of rotatable bonds is 3. The van der Waals surface area contributed by atoms with Crippen molar-refractivity contribution in [1.29, 1.82) is 0 Å². The number of hydrogen-bond donors (Lipinski definition) is 1. The molecular weight excluding hydrogens is 247 g/mol. The highest BCUT2D eigenvalue weighted by Crippen LogP contribution is 2.28. The summed E-state index contributed by atoms with van der Waals surface area (Å²) in [5.41, 5.74) is 0.471. The maximum absolute atomic E-state index is 14.0. The molecule has 5 heteroatoms. The predicted octanol–water partition coefficient (Wildman–Crippen LogP) is 1.91. The first-order chi connectivity index (χ1) is 8.90. The van der Waals surface area contributed by atoms with Crippen molar-refractivity contribution in [3.05, 3.63) is 29.6 Å². The van der Waals surface area contributed by atoms with Crippen LogP contribution in [0, 0.1) is 11.7 Å². The van der Waals surface area contributed by atoms with Gasteiger partial charge in [-0.3, -0.25) is 0 Å². The molecule has 2 unspecified atom stereocenters. The Morgan fingerprint density at radius 1 is 1.42 bits per heavy atom. The normalized spacial score (nSPS) is 23.1. The van der Waals surface area contributed by atoms with Crippen LogP contribution in [-0.4, -0.2) is 49.2 Å². The van der Waals surface area contributed by atoms with Crippen LogP contribution in [0.3, 0.4) is 0 Å². The predicted molar refractivity (Wildman–Crippen MR) is 72.2 cm³/mol. The summed E-state index contributed by atoms with van der Waals surface area (Å²) in [6.07, 6.45) is 0. The molecule has 0 spiro atoms. The van der Waals surface area contributed by atoms with Crippen LogP contribution in [0.25, 0.3) is 0 Å². The topological polar surface area (TPSA) is 43.8 Å². The zero-order valence-electron chi connectivity index (χ0n) is 11.4. The molecule has 4 nitrogen and oxygen atoms in total. The molecule has 0 aromatic heterocycles. The van der Waals surface area contributed by atoms with Gasteiger partial charge < -0.3 is 14.9 Å². The van der Waals surface area contributed by atoms with Crippen molar-refractivity contribution in [2.45, 2.75) is 13.0 Å². The van der Waals surface area contributed by atoms with E-state index >= 15 is 0 Å². The number of benzene rings is 1. The number of anilines is 1. The second kappa shape index (κ2) is 5.17. The third-order valence-corrected chi connectivity index (χ3v) is 3.77. The second-order valence-corrected chi connectivity index (χ2v) is 5.38. The summed E-state index contributed by atoms with van der Waals surface area (Å²) >= 11 is 0. The Labute approximate surface area is 112 Å². The zero-order chi connectivity index (χ0) is 14.2. The summed E-state index contributed by atoms with van der Waals surface area (Å²) in [5.74, 6) is -1.12. The highest BCUT2D eigenvalue weighted by atomic mass is 19.1. The molecule has 1 heterocycles. The van der Waals surface area contributed by atoms with E-state index in [4.69, 9.17) is 5.11 Å². The number of halogens is 1. The quantitative estimate of drug-likeness (QED) is 0.907. The Bertz CT molecular complexity index is 490. The summed E-state index contributed by atoms with van der Waals surface area (Å²) < 4.78 is 14.0. The fraction of sp³-hybridized carbons (Fsp3) is 0.500. The summed E-state index contributed by atoms with van der Waals surface area (Å²) in [6, 6.07) is 4.49. The van der Waals surface area contributed by atoms with Gasteiger partial charge in [-0.25, -0.2) is 9.18 Å². The van der Waals surface area contributed by atoms with E-state index in [1.807, 2.05) is 19.0 Å². The second-order valence-electron chi connectivity index (χ2n) is 5.38. The highest BCUT2D eigenvalue weighted by Gasteiger charge is 2.32. The Morgan fingerprint density at radius 2 is 2.11 bits per heavy atom. The van der Waals surface area contributed by atoms with Gasteiger partial charge in [0, 0.05) is 19.1 Å². The van der Waals surface area contributed by atoms with Crippen molar-refractivity contribution in [2.24, 2.45) is 5.92 Å². The molecule has 1 aliphatic heterocycles. The molecule has 1 aromatic rings. The lowest BCUT2D eigenvalue weighted by molar-refractivity contribution is 0.0696. The van der Waals surface area contributed by atoms with Crippen LogP contribution in [-0.2, 0) is 0 Å². The maximum Gasteiger partial charge on any atom is 0.335 e. The summed E-state index contributed by atoms with van der Waals surface area (Å²) in [6.45, 7) is 3.69. The number of nitrogens with zero attached hydrogens (tertiary/aromatic N) is 2. The fourth-order valence-corrected chi connectivity index (χ4v) is 2.71. The third kappa shape index (κ3) is 2.71. The Hall–Kier alpha value is -1.62. The van der Waals surface area contributed by atoms with E-state index in [1.165, 1.54) is 6.07 Å². The minimum atomic E-state index is -1.11. The van der Waals surface area contributed by atoms with E-state index in [-0.39, 0.29) is 5.56 Å². The van der Waals surface area contributed by atoms with Crippen molar-refractivity contribution >= 4 is 11.7 Å². The van der Waals surface area contributed by atoms with E-state index in [0.717, 1.165) is 19.2 Å². The molecule has 0 saturated carbocycles. The highest BCUT2D eigenvalue weighted by molar-refractivity contribution is 5.88. The standard InChI is InChI=1S/C14H19FN2O2/c1-9-7-17(8-13(9)16(2)3)12-5-4-10(14(18)19)6-11(12)15/h4-6,9,13H,7-8H2,1-3H3,(H,18,19). The largest absolute Gasteiger partial charge is 0.478 e. The zero-order valence-corrected chi connectivity index (χ0v) is 11.4. The van der Waals surface area contributed by atoms with Gasteiger partial charge >= 0.3 is 5.97 Å². The fourth-order valence-electron chi connectivity index (χ4n) is 2.71. The SMILES string of the molecule is CC1CN(c2ccc(C(=O)O)cc2F)CC1N(C)C. The number of carbonyl (C=O) groups is 1. The van der Waals surface area contributed by atoms with Crippen molar-refractivity contribution in [3.8, 4) is 0 Å². The van der Waals surface area contributed by atoms with Gasteiger partial charge in [-0.1, -0.05) is 6.92 Å². The molecule has 2 atom stereocenters. The average Bonchev–Trinajstić information content (AvgIpc) is 2.71. The molecule has 0 aliphatic carbocycles. The van der Waals surface area contributed by atoms with E-state index in [2.05, 4.69) is 11.8 Å². The van der Waals surface area contributed by atoms with Crippen LogP contribution in [0.2, 0.25) is 0 Å². The van der Waals surface area contributed by atoms with E-state index < -0.39 is 11.8 Å². The Balaban J connectivity index is 2.22. The minimum Gasteiger partial charge on any atom is -0.478 e. The number of aromatic carboxylic acids is 1. The number of hydrogen-bond acceptors (Lipinski definition) is 3. The molecule has 0 bridgehead atoms. The van der Waals surface area contributed by atoms with Gasteiger partial charge in [0.2, 0.25) is 0 Å².